The molecular weight excluding hydrogens is 202 g/mol. The van der Waals surface area contributed by atoms with Gasteiger partial charge < -0.3 is 9.22 Å². The van der Waals surface area contributed by atoms with Gasteiger partial charge in [0.15, 0.2) is 0 Å². The minimum absolute atomic E-state index is 0.242. The second-order valence-corrected chi connectivity index (χ2v) is 5.02. The quantitative estimate of drug-likeness (QED) is 0.574. The fourth-order valence-corrected chi connectivity index (χ4v) is 1.19. The number of hydrogen-bond donors (Lipinski definition) is 0. The summed E-state index contributed by atoms with van der Waals surface area (Å²) >= 11 is 0. The Morgan fingerprint density at radius 3 is 2.25 bits per heavy atom. The van der Waals surface area contributed by atoms with E-state index in [1.54, 1.807) is 12.1 Å². The molecule has 0 N–H and O–H groups in total. The van der Waals surface area contributed by atoms with Crippen molar-refractivity contribution >= 4 is 5.97 Å². The maximum atomic E-state index is 11.6. The molecule has 0 unspecified atom stereocenters. The molecule has 0 amide bonds. The first-order valence-corrected chi connectivity index (χ1v) is 5.43. The Morgan fingerprint density at radius 2 is 1.75 bits per heavy atom. The highest BCUT2D eigenvalue weighted by Crippen LogP contribution is 2.05. The van der Waals surface area contributed by atoms with E-state index in [1.807, 2.05) is 19.1 Å². The van der Waals surface area contributed by atoms with E-state index >= 15 is 0 Å². The summed E-state index contributed by atoms with van der Waals surface area (Å²) in [5.41, 5.74) is 1.76. The van der Waals surface area contributed by atoms with Gasteiger partial charge in [0.1, 0.15) is 13.2 Å². The van der Waals surface area contributed by atoms with E-state index in [0.29, 0.717) is 12.2 Å². The van der Waals surface area contributed by atoms with Gasteiger partial charge in [0, 0.05) is 0 Å². The van der Waals surface area contributed by atoms with Crippen molar-refractivity contribution in [2.24, 2.45) is 0 Å². The smallest absolute Gasteiger partial charge is 0.338 e. The molecule has 0 aliphatic rings. The van der Waals surface area contributed by atoms with Crippen LogP contribution in [-0.4, -0.2) is 44.7 Å². The average Bonchev–Trinajstić information content (AvgIpc) is 2.16. The highest BCUT2D eigenvalue weighted by Gasteiger charge is 2.10. The second-order valence-electron chi connectivity index (χ2n) is 5.02. The molecule has 0 saturated carbocycles. The van der Waals surface area contributed by atoms with Crippen molar-refractivity contribution < 1.29 is 14.0 Å². The van der Waals surface area contributed by atoms with Crippen molar-refractivity contribution in [1.82, 2.24) is 0 Å². The van der Waals surface area contributed by atoms with Crippen LogP contribution in [0.1, 0.15) is 15.9 Å². The molecular formula is C13H20NO2+. The molecule has 1 aromatic carbocycles. The molecule has 0 atom stereocenters. The molecule has 3 nitrogen and oxygen atoms in total. The SMILES string of the molecule is Cc1ccc(C(=O)OCC[N+](C)(C)C)cc1. The van der Waals surface area contributed by atoms with Crippen molar-refractivity contribution in [2.45, 2.75) is 6.92 Å². The lowest BCUT2D eigenvalue weighted by atomic mass is 10.1. The third-order valence-electron chi connectivity index (χ3n) is 2.28. The third kappa shape index (κ3) is 4.45. The Labute approximate surface area is 97.2 Å². The van der Waals surface area contributed by atoms with Crippen LogP contribution in [0.5, 0.6) is 0 Å². The van der Waals surface area contributed by atoms with E-state index in [-0.39, 0.29) is 5.97 Å². The van der Waals surface area contributed by atoms with Gasteiger partial charge in [0.2, 0.25) is 0 Å². The van der Waals surface area contributed by atoms with Crippen LogP contribution in [0.15, 0.2) is 24.3 Å². The summed E-state index contributed by atoms with van der Waals surface area (Å²) in [5.74, 6) is -0.242. The lowest BCUT2D eigenvalue weighted by molar-refractivity contribution is -0.870. The minimum atomic E-state index is -0.242. The number of esters is 1. The fraction of sp³-hybridized carbons (Fsp3) is 0.462. The van der Waals surface area contributed by atoms with Crippen LogP contribution in [0.2, 0.25) is 0 Å². The van der Waals surface area contributed by atoms with Crippen molar-refractivity contribution in [3.05, 3.63) is 35.4 Å². The summed E-state index contributed by atoms with van der Waals surface area (Å²) < 4.78 is 5.98. The van der Waals surface area contributed by atoms with Crippen LogP contribution in [0, 0.1) is 6.92 Å². The molecule has 0 heterocycles. The molecule has 0 aliphatic carbocycles. The first-order chi connectivity index (χ1) is 7.38. The first-order valence-electron chi connectivity index (χ1n) is 5.43. The average molecular weight is 222 g/mol. The van der Waals surface area contributed by atoms with Gasteiger partial charge in [-0.05, 0) is 19.1 Å². The number of likely N-dealkylation sites (N-methyl/N-ethyl adjacent to an activating group) is 1. The summed E-state index contributed by atoms with van der Waals surface area (Å²) in [6, 6.07) is 7.42. The number of quaternary nitrogens is 1. The normalized spacial score (nSPS) is 11.2. The van der Waals surface area contributed by atoms with Gasteiger partial charge in [-0.25, -0.2) is 4.79 Å². The molecule has 1 rings (SSSR count). The lowest BCUT2D eigenvalue weighted by Gasteiger charge is -2.23. The van der Waals surface area contributed by atoms with E-state index in [1.165, 1.54) is 0 Å². The Hall–Kier alpha value is -1.35. The number of hydrogen-bond acceptors (Lipinski definition) is 2. The number of rotatable bonds is 4. The zero-order valence-corrected chi connectivity index (χ0v) is 10.5. The van der Waals surface area contributed by atoms with Gasteiger partial charge in [-0.2, -0.15) is 0 Å². The zero-order valence-electron chi connectivity index (χ0n) is 10.5. The largest absolute Gasteiger partial charge is 0.456 e. The topological polar surface area (TPSA) is 26.3 Å². The highest BCUT2D eigenvalue weighted by atomic mass is 16.5. The summed E-state index contributed by atoms with van der Waals surface area (Å²) in [5, 5.41) is 0. The molecule has 0 aromatic heterocycles. The Balaban J connectivity index is 2.44. The summed E-state index contributed by atoms with van der Waals surface area (Å²) in [4.78, 5) is 11.6. The number of nitrogens with zero attached hydrogens (tertiary/aromatic N) is 1. The van der Waals surface area contributed by atoms with Gasteiger partial charge in [-0.15, -0.1) is 0 Å². The standard InChI is InChI=1S/C13H20NO2/c1-11-5-7-12(8-6-11)13(15)16-10-9-14(2,3)4/h5-8H,9-10H2,1-4H3/q+1. The number of benzene rings is 1. The number of ether oxygens (including phenoxy) is 1. The number of carbonyl (C=O) groups is 1. The predicted octanol–water partition coefficient (Wildman–Crippen LogP) is 1.86. The zero-order chi connectivity index (χ0) is 12.2. The van der Waals surface area contributed by atoms with Crippen molar-refractivity contribution in [3.8, 4) is 0 Å². The van der Waals surface area contributed by atoms with Gasteiger partial charge in [-0.1, -0.05) is 17.7 Å². The maximum Gasteiger partial charge on any atom is 0.338 e. The molecule has 16 heavy (non-hydrogen) atoms. The molecule has 3 heteroatoms. The molecule has 1 aromatic rings. The van der Waals surface area contributed by atoms with Crippen LogP contribution < -0.4 is 0 Å². The highest BCUT2D eigenvalue weighted by molar-refractivity contribution is 5.89. The van der Waals surface area contributed by atoms with Crippen LogP contribution in [0.3, 0.4) is 0 Å². The predicted molar refractivity (Wildman–Crippen MR) is 64.4 cm³/mol. The molecule has 0 fully saturated rings. The molecule has 0 radical (unpaired) electrons. The van der Waals surface area contributed by atoms with E-state index < -0.39 is 0 Å². The van der Waals surface area contributed by atoms with Crippen LogP contribution in [0.25, 0.3) is 0 Å². The second kappa shape index (κ2) is 5.12. The summed E-state index contributed by atoms with van der Waals surface area (Å²) in [7, 11) is 6.21. The Morgan fingerprint density at radius 1 is 1.19 bits per heavy atom. The molecule has 0 bridgehead atoms. The first kappa shape index (κ1) is 12.7. The maximum absolute atomic E-state index is 11.6. The van der Waals surface area contributed by atoms with Gasteiger partial charge in [-0.3, -0.25) is 0 Å². The minimum Gasteiger partial charge on any atom is -0.456 e. The van der Waals surface area contributed by atoms with E-state index in [9.17, 15) is 4.79 Å². The molecule has 0 saturated heterocycles. The Kier molecular flexibility index (Phi) is 4.07. The van der Waals surface area contributed by atoms with E-state index in [4.69, 9.17) is 4.74 Å². The van der Waals surface area contributed by atoms with E-state index in [0.717, 1.165) is 16.6 Å². The van der Waals surface area contributed by atoms with Crippen LogP contribution in [0.4, 0.5) is 0 Å². The lowest BCUT2D eigenvalue weighted by Crippen LogP contribution is -2.38. The monoisotopic (exact) mass is 222 g/mol. The fourth-order valence-electron chi connectivity index (χ4n) is 1.19. The van der Waals surface area contributed by atoms with Crippen LogP contribution in [-0.2, 0) is 4.74 Å². The molecule has 88 valence electrons. The van der Waals surface area contributed by atoms with Crippen molar-refractivity contribution in [2.75, 3.05) is 34.3 Å². The van der Waals surface area contributed by atoms with Crippen molar-refractivity contribution in [1.29, 1.82) is 0 Å². The summed E-state index contributed by atoms with van der Waals surface area (Å²) in [6.45, 7) is 3.26. The van der Waals surface area contributed by atoms with Gasteiger partial charge >= 0.3 is 5.97 Å². The third-order valence-corrected chi connectivity index (χ3v) is 2.28. The van der Waals surface area contributed by atoms with Gasteiger partial charge in [0.05, 0.1) is 26.7 Å². The van der Waals surface area contributed by atoms with E-state index in [2.05, 4.69) is 21.1 Å². The Bertz CT molecular complexity index is 349. The van der Waals surface area contributed by atoms with Crippen LogP contribution >= 0.6 is 0 Å². The number of carbonyl (C=O) groups excluding carboxylic acids is 1. The van der Waals surface area contributed by atoms with Gasteiger partial charge in [0.25, 0.3) is 0 Å². The summed E-state index contributed by atoms with van der Waals surface area (Å²) in [6.07, 6.45) is 0. The molecule has 0 spiro atoms. The van der Waals surface area contributed by atoms with Crippen molar-refractivity contribution in [3.63, 3.8) is 0 Å². The molecule has 0 aliphatic heterocycles. The number of aryl methyl sites for hydroxylation is 1.